The van der Waals surface area contributed by atoms with Crippen LogP contribution in [0.4, 0.5) is 0 Å². The highest BCUT2D eigenvalue weighted by atomic mass is 31.1. The Bertz CT molecular complexity index is 793. The molecule has 2 aromatic carbocycles. The summed E-state index contributed by atoms with van der Waals surface area (Å²) in [4.78, 5) is 13.0. The van der Waals surface area contributed by atoms with E-state index in [4.69, 9.17) is 4.74 Å². The molecule has 0 saturated heterocycles. The van der Waals surface area contributed by atoms with Crippen LogP contribution in [0, 0.1) is 34.6 Å². The summed E-state index contributed by atoms with van der Waals surface area (Å²) < 4.78 is 5.82. The molecule has 26 heavy (non-hydrogen) atoms. The molecule has 0 radical (unpaired) electrons. The Morgan fingerprint density at radius 1 is 0.923 bits per heavy atom. The van der Waals surface area contributed by atoms with Crippen molar-refractivity contribution >= 4 is 19.4 Å². The van der Waals surface area contributed by atoms with Gasteiger partial charge in [0.05, 0.1) is 6.61 Å². The fraction of sp³-hybridized carbons (Fsp3) is 0.435. The molecule has 1 unspecified atom stereocenters. The van der Waals surface area contributed by atoms with Gasteiger partial charge in [0.15, 0.2) is 5.52 Å². The molecule has 0 aliphatic carbocycles. The van der Waals surface area contributed by atoms with E-state index in [0.717, 1.165) is 46.3 Å². The first-order valence-electron chi connectivity index (χ1n) is 9.47. The van der Waals surface area contributed by atoms with Crippen LogP contribution in [0.1, 0.15) is 64.4 Å². The predicted molar refractivity (Wildman–Crippen MR) is 114 cm³/mol. The summed E-state index contributed by atoms with van der Waals surface area (Å²) in [5, 5.41) is 1.10. The monoisotopic (exact) mass is 370 g/mol. The zero-order chi connectivity index (χ0) is 19.3. The number of unbranched alkanes of at least 4 members (excludes halogenated alkanes) is 2. The Hall–Kier alpha value is -1.66. The van der Waals surface area contributed by atoms with Gasteiger partial charge in [0.1, 0.15) is 5.75 Å². The van der Waals surface area contributed by atoms with Crippen molar-refractivity contribution in [3.8, 4) is 5.75 Å². The zero-order valence-electron chi connectivity index (χ0n) is 17.0. The quantitative estimate of drug-likeness (QED) is 0.424. The summed E-state index contributed by atoms with van der Waals surface area (Å²) in [6.45, 7) is 13.3. The lowest BCUT2D eigenvalue weighted by Gasteiger charge is -2.15. The third kappa shape index (κ3) is 4.95. The Morgan fingerprint density at radius 3 is 2.31 bits per heavy atom. The molecule has 0 saturated carbocycles. The first-order chi connectivity index (χ1) is 12.3. The minimum absolute atomic E-state index is 0.145. The van der Waals surface area contributed by atoms with Crippen LogP contribution in [0.2, 0.25) is 0 Å². The van der Waals surface area contributed by atoms with Crippen molar-refractivity contribution in [1.82, 2.24) is 0 Å². The largest absolute Gasteiger partial charge is 0.494 e. The summed E-state index contributed by atoms with van der Waals surface area (Å²) >= 11 is 0. The first-order valence-corrected chi connectivity index (χ1v) is 10.5. The maximum atomic E-state index is 13.0. The van der Waals surface area contributed by atoms with Crippen LogP contribution < -0.4 is 10.0 Å². The highest BCUT2D eigenvalue weighted by Gasteiger charge is 2.17. The lowest BCUT2D eigenvalue weighted by atomic mass is 9.95. The van der Waals surface area contributed by atoms with E-state index in [1.54, 1.807) is 0 Å². The van der Waals surface area contributed by atoms with E-state index in [0.29, 0.717) is 0 Å². The minimum Gasteiger partial charge on any atom is -0.494 e. The first kappa shape index (κ1) is 20.6. The molecule has 2 rings (SSSR count). The van der Waals surface area contributed by atoms with E-state index in [1.807, 2.05) is 19.1 Å². The maximum absolute atomic E-state index is 13.0. The van der Waals surface area contributed by atoms with E-state index in [2.05, 4.69) is 46.8 Å². The number of rotatable bonds is 8. The summed E-state index contributed by atoms with van der Waals surface area (Å²) in [7, 11) is 0.145. The van der Waals surface area contributed by atoms with Crippen LogP contribution in [-0.4, -0.2) is 12.1 Å². The van der Waals surface area contributed by atoms with Gasteiger partial charge in [-0.3, -0.25) is 4.79 Å². The number of hydrogen-bond donors (Lipinski definition) is 0. The van der Waals surface area contributed by atoms with Crippen molar-refractivity contribution in [1.29, 1.82) is 0 Å². The van der Waals surface area contributed by atoms with Crippen LogP contribution in [0.5, 0.6) is 5.75 Å². The number of benzene rings is 2. The topological polar surface area (TPSA) is 26.3 Å². The van der Waals surface area contributed by atoms with Crippen molar-refractivity contribution in [2.45, 2.75) is 60.8 Å². The average Bonchev–Trinajstić information content (AvgIpc) is 2.59. The second kappa shape index (κ2) is 9.33. The van der Waals surface area contributed by atoms with Crippen molar-refractivity contribution in [2.24, 2.45) is 0 Å². The number of ether oxygens (including phenoxy) is 1. The molecule has 2 nitrogen and oxygen atoms in total. The van der Waals surface area contributed by atoms with Crippen LogP contribution in [0.15, 0.2) is 24.3 Å². The van der Waals surface area contributed by atoms with Gasteiger partial charge in [-0.25, -0.2) is 0 Å². The van der Waals surface area contributed by atoms with Gasteiger partial charge >= 0.3 is 0 Å². The standard InChI is InChI=1S/C23H31O2P/c1-7-8-9-12-25-20-10-11-21(16(3)14-20)26-23(24)22-17(4)13-15(2)18(5)19(22)6/h10-11,13-14,26H,7-9,12H2,1-6H3. The number of hydrogen-bond acceptors (Lipinski definition) is 2. The molecule has 0 bridgehead atoms. The van der Waals surface area contributed by atoms with Crippen LogP contribution >= 0.6 is 8.58 Å². The lowest BCUT2D eigenvalue weighted by Crippen LogP contribution is -2.09. The molecule has 0 amide bonds. The normalized spacial score (nSPS) is 11.3. The van der Waals surface area contributed by atoms with Crippen molar-refractivity contribution < 1.29 is 9.53 Å². The molecule has 0 aliphatic heterocycles. The molecular formula is C23H31O2P. The molecule has 0 spiro atoms. The van der Waals surface area contributed by atoms with Gasteiger partial charge in [-0.15, -0.1) is 0 Å². The molecule has 0 aromatic heterocycles. The predicted octanol–water partition coefficient (Wildman–Crippen LogP) is 5.94. The van der Waals surface area contributed by atoms with Gasteiger partial charge in [-0.05, 0) is 94.9 Å². The Kier molecular flexibility index (Phi) is 7.41. The second-order valence-electron chi connectivity index (χ2n) is 7.12. The lowest BCUT2D eigenvalue weighted by molar-refractivity contribution is 0.108. The zero-order valence-corrected chi connectivity index (χ0v) is 18.0. The second-order valence-corrected chi connectivity index (χ2v) is 8.36. The number of carbonyl (C=O) groups is 1. The number of carbonyl (C=O) groups excluding carboxylic acids is 1. The molecule has 0 N–H and O–H groups in total. The Balaban J connectivity index is 2.14. The third-order valence-corrected chi connectivity index (χ3v) is 6.35. The Labute approximate surface area is 160 Å². The summed E-state index contributed by atoms with van der Waals surface area (Å²) in [6.07, 6.45) is 3.48. The summed E-state index contributed by atoms with van der Waals surface area (Å²) in [6, 6.07) is 8.23. The van der Waals surface area contributed by atoms with Gasteiger partial charge in [0.2, 0.25) is 0 Å². The summed E-state index contributed by atoms with van der Waals surface area (Å²) in [5.74, 6) is 0.901. The molecule has 3 heteroatoms. The van der Waals surface area contributed by atoms with Crippen LogP contribution in [0.3, 0.4) is 0 Å². The molecule has 0 heterocycles. The molecular weight excluding hydrogens is 339 g/mol. The third-order valence-electron chi connectivity index (χ3n) is 5.05. The fourth-order valence-corrected chi connectivity index (χ4v) is 4.42. The van der Waals surface area contributed by atoms with E-state index >= 15 is 0 Å². The maximum Gasteiger partial charge on any atom is 0.186 e. The molecule has 140 valence electrons. The minimum atomic E-state index is 0.145. The van der Waals surface area contributed by atoms with Crippen LogP contribution in [0.25, 0.3) is 0 Å². The Morgan fingerprint density at radius 2 is 1.65 bits per heavy atom. The highest BCUT2D eigenvalue weighted by Crippen LogP contribution is 2.29. The van der Waals surface area contributed by atoms with Crippen molar-refractivity contribution in [2.75, 3.05) is 6.61 Å². The van der Waals surface area contributed by atoms with E-state index in [-0.39, 0.29) is 14.1 Å². The van der Waals surface area contributed by atoms with E-state index in [9.17, 15) is 4.79 Å². The number of aryl methyl sites for hydroxylation is 3. The van der Waals surface area contributed by atoms with Crippen LogP contribution in [-0.2, 0) is 0 Å². The van der Waals surface area contributed by atoms with Gasteiger partial charge in [-0.1, -0.05) is 31.9 Å². The van der Waals surface area contributed by atoms with Gasteiger partial charge in [0.25, 0.3) is 0 Å². The van der Waals surface area contributed by atoms with Gasteiger partial charge in [0, 0.05) is 5.56 Å². The van der Waals surface area contributed by atoms with Gasteiger partial charge in [-0.2, -0.15) is 0 Å². The molecule has 0 fully saturated rings. The van der Waals surface area contributed by atoms with Crippen molar-refractivity contribution in [3.05, 3.63) is 57.6 Å². The molecule has 2 aromatic rings. The average molecular weight is 370 g/mol. The SMILES string of the molecule is CCCCCOc1ccc(PC(=O)c2c(C)cc(C)c(C)c2C)c(C)c1. The molecule has 1 atom stereocenters. The summed E-state index contributed by atoms with van der Waals surface area (Å²) in [5.41, 5.74) is 6.92. The van der Waals surface area contributed by atoms with E-state index < -0.39 is 0 Å². The van der Waals surface area contributed by atoms with Gasteiger partial charge < -0.3 is 4.74 Å². The van der Waals surface area contributed by atoms with Crippen molar-refractivity contribution in [3.63, 3.8) is 0 Å². The fourth-order valence-electron chi connectivity index (χ4n) is 3.23. The smallest absolute Gasteiger partial charge is 0.186 e. The highest BCUT2D eigenvalue weighted by molar-refractivity contribution is 7.66. The molecule has 0 aliphatic rings. The van der Waals surface area contributed by atoms with E-state index in [1.165, 1.54) is 24.0 Å².